The molecule has 1 heterocycles. The highest BCUT2D eigenvalue weighted by atomic mass is 35.5. The second kappa shape index (κ2) is 7.10. The van der Waals surface area contributed by atoms with E-state index in [0.717, 1.165) is 12.1 Å². The average Bonchev–Trinajstić information content (AvgIpc) is 2.99. The maximum atomic E-state index is 12.4. The summed E-state index contributed by atoms with van der Waals surface area (Å²) in [5.41, 5.74) is 1.65. The minimum atomic E-state index is -0.111. The zero-order valence-electron chi connectivity index (χ0n) is 12.2. The van der Waals surface area contributed by atoms with Crippen molar-refractivity contribution in [2.24, 2.45) is 0 Å². The Hall–Kier alpha value is -1.26. The standard InChI is InChI=1S/C17H15Cl3N2O/c18-12-4-1-10(2-5-12)17(23)22-16-9-21-8-13(16)11-3-6-14(19)15(20)7-11/h1-7,13,16,21H,8-9H2,(H,22,23). The summed E-state index contributed by atoms with van der Waals surface area (Å²) in [5.74, 6) is 0.0430. The van der Waals surface area contributed by atoms with Crippen LogP contribution >= 0.6 is 34.8 Å². The normalized spacial score (nSPS) is 20.5. The van der Waals surface area contributed by atoms with E-state index in [4.69, 9.17) is 34.8 Å². The summed E-state index contributed by atoms with van der Waals surface area (Å²) in [5, 5.41) is 8.05. The highest BCUT2D eigenvalue weighted by Gasteiger charge is 2.30. The number of benzene rings is 2. The largest absolute Gasteiger partial charge is 0.347 e. The molecule has 0 aliphatic carbocycles. The molecule has 0 saturated carbocycles. The van der Waals surface area contributed by atoms with Crippen LogP contribution in [0.4, 0.5) is 0 Å². The van der Waals surface area contributed by atoms with Crippen molar-refractivity contribution in [1.29, 1.82) is 0 Å². The Labute approximate surface area is 149 Å². The summed E-state index contributed by atoms with van der Waals surface area (Å²) < 4.78 is 0. The van der Waals surface area contributed by atoms with Crippen molar-refractivity contribution in [3.05, 3.63) is 68.7 Å². The Bertz CT molecular complexity index is 718. The van der Waals surface area contributed by atoms with E-state index in [1.54, 1.807) is 30.3 Å². The third kappa shape index (κ3) is 3.81. The van der Waals surface area contributed by atoms with Crippen LogP contribution in [0.3, 0.4) is 0 Å². The molecule has 23 heavy (non-hydrogen) atoms. The van der Waals surface area contributed by atoms with Crippen LogP contribution < -0.4 is 10.6 Å². The molecule has 120 valence electrons. The number of hydrogen-bond donors (Lipinski definition) is 2. The summed E-state index contributed by atoms with van der Waals surface area (Å²) in [7, 11) is 0. The first-order valence-electron chi connectivity index (χ1n) is 7.26. The van der Waals surface area contributed by atoms with Gasteiger partial charge in [0.25, 0.3) is 5.91 Å². The monoisotopic (exact) mass is 368 g/mol. The number of carbonyl (C=O) groups is 1. The van der Waals surface area contributed by atoms with Gasteiger partial charge in [-0.05, 0) is 42.0 Å². The first kappa shape index (κ1) is 16.6. The number of halogens is 3. The first-order valence-corrected chi connectivity index (χ1v) is 8.40. The van der Waals surface area contributed by atoms with Gasteiger partial charge in [0.1, 0.15) is 0 Å². The van der Waals surface area contributed by atoms with Crippen LogP contribution in [0.2, 0.25) is 15.1 Å². The number of amides is 1. The molecule has 1 fully saturated rings. The van der Waals surface area contributed by atoms with Gasteiger partial charge in [-0.3, -0.25) is 4.79 Å². The smallest absolute Gasteiger partial charge is 0.251 e. The Morgan fingerprint density at radius 2 is 1.74 bits per heavy atom. The van der Waals surface area contributed by atoms with Crippen molar-refractivity contribution in [1.82, 2.24) is 10.6 Å². The first-order chi connectivity index (χ1) is 11.0. The predicted octanol–water partition coefficient (Wildman–Crippen LogP) is 4.13. The van der Waals surface area contributed by atoms with E-state index in [9.17, 15) is 4.79 Å². The van der Waals surface area contributed by atoms with Gasteiger partial charge in [0, 0.05) is 35.6 Å². The highest BCUT2D eigenvalue weighted by Crippen LogP contribution is 2.29. The molecule has 0 spiro atoms. The fraction of sp³-hybridized carbons (Fsp3) is 0.235. The summed E-state index contributed by atoms with van der Waals surface area (Å²) in [6.45, 7) is 1.49. The number of carbonyl (C=O) groups excluding carboxylic acids is 1. The van der Waals surface area contributed by atoms with E-state index in [2.05, 4.69) is 10.6 Å². The number of rotatable bonds is 3. The van der Waals surface area contributed by atoms with Gasteiger partial charge in [-0.1, -0.05) is 40.9 Å². The topological polar surface area (TPSA) is 41.1 Å². The van der Waals surface area contributed by atoms with Gasteiger partial charge in [-0.15, -0.1) is 0 Å². The minimum Gasteiger partial charge on any atom is -0.347 e. The number of hydrogen-bond acceptors (Lipinski definition) is 2. The lowest BCUT2D eigenvalue weighted by atomic mass is 9.94. The zero-order valence-corrected chi connectivity index (χ0v) is 14.4. The van der Waals surface area contributed by atoms with Gasteiger partial charge in [0.15, 0.2) is 0 Å². The van der Waals surface area contributed by atoms with Crippen LogP contribution in [0.1, 0.15) is 21.8 Å². The molecule has 0 radical (unpaired) electrons. The summed E-state index contributed by atoms with van der Waals surface area (Å²) in [6.07, 6.45) is 0. The van der Waals surface area contributed by atoms with Crippen molar-refractivity contribution >= 4 is 40.7 Å². The van der Waals surface area contributed by atoms with Crippen LogP contribution in [0, 0.1) is 0 Å². The summed E-state index contributed by atoms with van der Waals surface area (Å²) >= 11 is 17.9. The molecule has 0 aromatic heterocycles. The average molecular weight is 370 g/mol. The quantitative estimate of drug-likeness (QED) is 0.854. The van der Waals surface area contributed by atoms with Crippen molar-refractivity contribution < 1.29 is 4.79 Å². The SMILES string of the molecule is O=C(NC1CNCC1c1ccc(Cl)c(Cl)c1)c1ccc(Cl)cc1. The molecule has 0 bridgehead atoms. The molecular weight excluding hydrogens is 355 g/mol. The molecule has 2 N–H and O–H groups in total. The van der Waals surface area contributed by atoms with Crippen LogP contribution in [0.5, 0.6) is 0 Å². The molecule has 2 aromatic carbocycles. The van der Waals surface area contributed by atoms with E-state index in [1.807, 2.05) is 12.1 Å². The maximum Gasteiger partial charge on any atom is 0.251 e. The predicted molar refractivity (Wildman–Crippen MR) is 94.8 cm³/mol. The second-order valence-electron chi connectivity index (χ2n) is 5.53. The second-order valence-corrected chi connectivity index (χ2v) is 6.78. The molecule has 1 aliphatic heterocycles. The van der Waals surface area contributed by atoms with Crippen molar-refractivity contribution in [3.63, 3.8) is 0 Å². The van der Waals surface area contributed by atoms with E-state index < -0.39 is 0 Å². The summed E-state index contributed by atoms with van der Waals surface area (Å²) in [6, 6.07) is 12.4. The number of nitrogens with one attached hydrogen (secondary N) is 2. The van der Waals surface area contributed by atoms with Gasteiger partial charge < -0.3 is 10.6 Å². The molecule has 1 amide bonds. The lowest BCUT2D eigenvalue weighted by molar-refractivity contribution is 0.0937. The Kier molecular flexibility index (Phi) is 5.12. The van der Waals surface area contributed by atoms with Crippen molar-refractivity contribution in [2.45, 2.75) is 12.0 Å². The Morgan fingerprint density at radius 1 is 1.00 bits per heavy atom. The van der Waals surface area contributed by atoms with Crippen LogP contribution in [-0.4, -0.2) is 25.0 Å². The van der Waals surface area contributed by atoms with E-state index in [0.29, 0.717) is 27.2 Å². The fourth-order valence-corrected chi connectivity index (χ4v) is 3.21. The molecular formula is C17H15Cl3N2O. The molecule has 2 aromatic rings. The Balaban J connectivity index is 1.75. The molecule has 1 aliphatic rings. The summed E-state index contributed by atoms with van der Waals surface area (Å²) in [4.78, 5) is 12.4. The minimum absolute atomic E-state index is 0.00424. The van der Waals surface area contributed by atoms with Gasteiger partial charge in [-0.2, -0.15) is 0 Å². The lowest BCUT2D eigenvalue weighted by Gasteiger charge is -2.21. The van der Waals surface area contributed by atoms with E-state index >= 15 is 0 Å². The van der Waals surface area contributed by atoms with E-state index in [-0.39, 0.29) is 17.9 Å². The molecule has 1 saturated heterocycles. The fourth-order valence-electron chi connectivity index (χ4n) is 2.78. The van der Waals surface area contributed by atoms with Gasteiger partial charge in [-0.25, -0.2) is 0 Å². The molecule has 6 heteroatoms. The third-order valence-corrected chi connectivity index (χ3v) is 5.00. The van der Waals surface area contributed by atoms with Crippen molar-refractivity contribution in [2.75, 3.05) is 13.1 Å². The van der Waals surface area contributed by atoms with Gasteiger partial charge >= 0.3 is 0 Å². The Morgan fingerprint density at radius 3 is 2.43 bits per heavy atom. The molecule has 2 atom stereocenters. The molecule has 2 unspecified atom stereocenters. The lowest BCUT2D eigenvalue weighted by Crippen LogP contribution is -2.39. The molecule has 3 rings (SSSR count). The van der Waals surface area contributed by atoms with Crippen LogP contribution in [0.25, 0.3) is 0 Å². The van der Waals surface area contributed by atoms with Gasteiger partial charge in [0.2, 0.25) is 0 Å². The van der Waals surface area contributed by atoms with Crippen molar-refractivity contribution in [3.8, 4) is 0 Å². The van der Waals surface area contributed by atoms with Gasteiger partial charge in [0.05, 0.1) is 10.0 Å². The van der Waals surface area contributed by atoms with E-state index in [1.165, 1.54) is 0 Å². The zero-order chi connectivity index (χ0) is 16.4. The molecule has 3 nitrogen and oxygen atoms in total. The third-order valence-electron chi connectivity index (χ3n) is 4.01. The van der Waals surface area contributed by atoms with Crippen LogP contribution in [-0.2, 0) is 0 Å². The highest BCUT2D eigenvalue weighted by molar-refractivity contribution is 6.42. The van der Waals surface area contributed by atoms with Crippen LogP contribution in [0.15, 0.2) is 42.5 Å². The maximum absolute atomic E-state index is 12.4.